The number of anilines is 2. The number of benzene rings is 1. The number of nitrogens with zero attached hydrogens (tertiary/aromatic N) is 1. The molecule has 5 N–H and O–H groups in total. The van der Waals surface area contributed by atoms with Gasteiger partial charge in [0, 0.05) is 18.6 Å². The first-order valence-electron chi connectivity index (χ1n) is 9.77. The highest BCUT2D eigenvalue weighted by molar-refractivity contribution is 5.73. The lowest BCUT2D eigenvalue weighted by atomic mass is 10.1. The molecule has 5 nitrogen and oxygen atoms in total. The largest absolute Gasteiger partial charge is 0.489 e. The number of aryl methyl sites for hydroxylation is 1. The van der Waals surface area contributed by atoms with Gasteiger partial charge in [-0.15, -0.1) is 0 Å². The molecule has 2 fully saturated rings. The molecule has 1 aromatic rings. The summed E-state index contributed by atoms with van der Waals surface area (Å²) >= 11 is 0. The van der Waals surface area contributed by atoms with Crippen molar-refractivity contribution in [2.24, 2.45) is 0 Å². The minimum atomic E-state index is -0.511. The van der Waals surface area contributed by atoms with Crippen LogP contribution >= 0.6 is 0 Å². The molecule has 2 saturated carbocycles. The minimum Gasteiger partial charge on any atom is -0.489 e. The van der Waals surface area contributed by atoms with Gasteiger partial charge in [-0.3, -0.25) is 4.90 Å². The van der Waals surface area contributed by atoms with Crippen LogP contribution in [0.2, 0.25) is 0 Å². The van der Waals surface area contributed by atoms with Crippen molar-refractivity contribution < 1.29 is 9.84 Å². The van der Waals surface area contributed by atoms with Gasteiger partial charge < -0.3 is 21.3 Å². The summed E-state index contributed by atoms with van der Waals surface area (Å²) in [6.07, 6.45) is 9.84. The third-order valence-electron chi connectivity index (χ3n) is 5.91. The Hall–Kier alpha value is -1.46. The summed E-state index contributed by atoms with van der Waals surface area (Å²) in [5, 5.41) is 10.6. The number of hydrogen-bond donors (Lipinski definition) is 3. The van der Waals surface area contributed by atoms with Gasteiger partial charge in [0.25, 0.3) is 0 Å². The fraction of sp³-hybridized carbons (Fsp3) is 0.700. The molecule has 1 unspecified atom stereocenters. The number of nitrogens with two attached hydrogens (primary N) is 2. The summed E-state index contributed by atoms with van der Waals surface area (Å²) in [5.41, 5.74) is 14.0. The SMILES string of the molecule is Cc1ccc(OCC(O)CN(C2CCCC2)C2CCCC2)c(N)c1N. The summed E-state index contributed by atoms with van der Waals surface area (Å²) in [5.74, 6) is 0.565. The molecule has 1 atom stereocenters. The van der Waals surface area contributed by atoms with Crippen molar-refractivity contribution in [3.05, 3.63) is 17.7 Å². The molecule has 0 saturated heterocycles. The molecule has 0 radical (unpaired) electrons. The smallest absolute Gasteiger partial charge is 0.144 e. The molecule has 5 heteroatoms. The van der Waals surface area contributed by atoms with E-state index in [1.807, 2.05) is 19.1 Å². The quantitative estimate of drug-likeness (QED) is 0.660. The van der Waals surface area contributed by atoms with Gasteiger partial charge in [0.1, 0.15) is 18.5 Å². The normalized spacial score (nSPS) is 20.4. The van der Waals surface area contributed by atoms with Crippen LogP contribution in [-0.2, 0) is 0 Å². The molecule has 0 spiro atoms. The second kappa shape index (κ2) is 8.28. The molecule has 0 aromatic heterocycles. The van der Waals surface area contributed by atoms with E-state index in [-0.39, 0.29) is 6.61 Å². The van der Waals surface area contributed by atoms with Crippen LogP contribution in [0.1, 0.15) is 56.9 Å². The third kappa shape index (κ3) is 4.39. The van der Waals surface area contributed by atoms with Crippen molar-refractivity contribution in [2.75, 3.05) is 24.6 Å². The predicted molar refractivity (Wildman–Crippen MR) is 103 cm³/mol. The maximum absolute atomic E-state index is 10.6. The highest BCUT2D eigenvalue weighted by atomic mass is 16.5. The Morgan fingerprint density at radius 3 is 2.16 bits per heavy atom. The van der Waals surface area contributed by atoms with Crippen LogP contribution in [-0.4, -0.2) is 41.3 Å². The second-order valence-electron chi connectivity index (χ2n) is 7.75. The minimum absolute atomic E-state index is 0.253. The van der Waals surface area contributed by atoms with E-state index in [4.69, 9.17) is 16.2 Å². The lowest BCUT2D eigenvalue weighted by molar-refractivity contribution is 0.0330. The van der Waals surface area contributed by atoms with Crippen molar-refractivity contribution in [3.63, 3.8) is 0 Å². The van der Waals surface area contributed by atoms with Crippen LogP contribution in [0.4, 0.5) is 11.4 Å². The van der Waals surface area contributed by atoms with Crippen molar-refractivity contribution >= 4 is 11.4 Å². The number of rotatable bonds is 7. The molecule has 2 aliphatic carbocycles. The van der Waals surface area contributed by atoms with Gasteiger partial charge in [0.2, 0.25) is 0 Å². The van der Waals surface area contributed by atoms with E-state index in [1.165, 1.54) is 51.4 Å². The predicted octanol–water partition coefficient (Wildman–Crippen LogP) is 3.09. The van der Waals surface area contributed by atoms with E-state index in [0.717, 1.165) is 5.56 Å². The van der Waals surface area contributed by atoms with Gasteiger partial charge >= 0.3 is 0 Å². The van der Waals surface area contributed by atoms with Crippen molar-refractivity contribution in [3.8, 4) is 5.75 Å². The molecule has 0 amide bonds. The van der Waals surface area contributed by atoms with Crippen molar-refractivity contribution in [2.45, 2.75) is 76.5 Å². The van der Waals surface area contributed by atoms with Crippen molar-refractivity contribution in [1.29, 1.82) is 0 Å². The second-order valence-corrected chi connectivity index (χ2v) is 7.75. The first kappa shape index (κ1) is 18.3. The van der Waals surface area contributed by atoms with E-state index in [2.05, 4.69) is 4.90 Å². The molecular weight excluding hydrogens is 314 g/mol. The van der Waals surface area contributed by atoms with Gasteiger partial charge in [-0.2, -0.15) is 0 Å². The Kier molecular flexibility index (Phi) is 6.07. The maximum Gasteiger partial charge on any atom is 0.144 e. The summed E-state index contributed by atoms with van der Waals surface area (Å²) in [6.45, 7) is 2.87. The Morgan fingerprint density at radius 2 is 1.60 bits per heavy atom. The summed E-state index contributed by atoms with van der Waals surface area (Å²) in [6, 6.07) is 5.01. The topological polar surface area (TPSA) is 84.7 Å². The number of aliphatic hydroxyl groups is 1. The van der Waals surface area contributed by atoms with E-state index in [9.17, 15) is 5.11 Å². The molecule has 0 bridgehead atoms. The molecule has 140 valence electrons. The Labute approximate surface area is 151 Å². The zero-order chi connectivity index (χ0) is 17.8. The van der Waals surface area contributed by atoms with Crippen molar-refractivity contribution in [1.82, 2.24) is 4.90 Å². The monoisotopic (exact) mass is 347 g/mol. The standard InChI is InChI=1S/C20H33N3O2/c1-14-10-11-18(20(22)19(14)21)25-13-17(24)12-23(15-6-2-3-7-15)16-8-4-5-9-16/h10-11,15-17,24H,2-9,12-13,21-22H2,1H3. The highest BCUT2D eigenvalue weighted by Gasteiger charge is 2.31. The lowest BCUT2D eigenvalue weighted by Gasteiger charge is -2.36. The highest BCUT2D eigenvalue weighted by Crippen LogP contribution is 2.32. The van der Waals surface area contributed by atoms with Crippen LogP contribution < -0.4 is 16.2 Å². The van der Waals surface area contributed by atoms with E-state index < -0.39 is 6.10 Å². The maximum atomic E-state index is 10.6. The van der Waals surface area contributed by atoms with Gasteiger partial charge in [-0.1, -0.05) is 31.7 Å². The van der Waals surface area contributed by atoms with E-state index in [0.29, 0.717) is 35.8 Å². The molecule has 0 aliphatic heterocycles. The molecule has 2 aliphatic rings. The molecule has 3 rings (SSSR count). The number of aliphatic hydroxyl groups excluding tert-OH is 1. The Bertz CT molecular complexity index is 550. The molecular formula is C20H33N3O2. The third-order valence-corrected chi connectivity index (χ3v) is 5.91. The average molecular weight is 348 g/mol. The van der Waals surface area contributed by atoms with E-state index >= 15 is 0 Å². The Balaban J connectivity index is 1.58. The average Bonchev–Trinajstić information content (AvgIpc) is 3.30. The van der Waals surface area contributed by atoms with Gasteiger partial charge in [-0.25, -0.2) is 0 Å². The number of ether oxygens (including phenoxy) is 1. The fourth-order valence-corrected chi connectivity index (χ4v) is 4.40. The van der Waals surface area contributed by atoms with Gasteiger partial charge in [-0.05, 0) is 44.2 Å². The number of nitrogen functional groups attached to an aromatic ring is 2. The van der Waals surface area contributed by atoms with Crippen LogP contribution in [0.15, 0.2) is 12.1 Å². The molecule has 1 aromatic carbocycles. The zero-order valence-electron chi connectivity index (χ0n) is 15.4. The van der Waals surface area contributed by atoms with Gasteiger partial charge in [0.05, 0.1) is 11.4 Å². The Morgan fingerprint density at radius 1 is 1.04 bits per heavy atom. The summed E-state index contributed by atoms with van der Waals surface area (Å²) in [7, 11) is 0. The molecule has 25 heavy (non-hydrogen) atoms. The lowest BCUT2D eigenvalue weighted by Crippen LogP contribution is -2.46. The van der Waals surface area contributed by atoms with E-state index in [1.54, 1.807) is 0 Å². The summed E-state index contributed by atoms with van der Waals surface area (Å²) in [4.78, 5) is 2.57. The van der Waals surface area contributed by atoms with Crippen LogP contribution in [0.5, 0.6) is 5.75 Å². The first-order valence-corrected chi connectivity index (χ1v) is 9.77. The zero-order valence-corrected chi connectivity index (χ0v) is 15.4. The fourth-order valence-electron chi connectivity index (χ4n) is 4.40. The number of hydrogen-bond acceptors (Lipinski definition) is 5. The van der Waals surface area contributed by atoms with Crippen LogP contribution in [0.25, 0.3) is 0 Å². The summed E-state index contributed by atoms with van der Waals surface area (Å²) < 4.78 is 5.78. The van der Waals surface area contributed by atoms with Gasteiger partial charge in [0.15, 0.2) is 0 Å². The van der Waals surface area contributed by atoms with Crippen LogP contribution in [0.3, 0.4) is 0 Å². The molecule has 0 heterocycles. The first-order chi connectivity index (χ1) is 12.1. The van der Waals surface area contributed by atoms with Crippen LogP contribution in [0, 0.1) is 6.92 Å².